The average molecular weight is 232 g/mol. The molecule has 1 N–H and O–H groups in total. The van der Waals surface area contributed by atoms with Crippen LogP contribution in [-0.2, 0) is 10.8 Å². The second-order valence-electron chi connectivity index (χ2n) is 2.89. The first kappa shape index (κ1) is 11.3. The number of aromatic nitrogens is 1. The van der Waals surface area contributed by atoms with Gasteiger partial charge in [0, 0.05) is 34.2 Å². The summed E-state index contributed by atoms with van der Waals surface area (Å²) in [4.78, 5) is 15.2. The fourth-order valence-corrected chi connectivity index (χ4v) is 1.62. The van der Waals surface area contributed by atoms with E-state index in [0.29, 0.717) is 12.2 Å². The molecule has 0 aliphatic rings. The molecule has 0 aliphatic carbocycles. The monoisotopic (exact) mass is 232 g/mol. The third-order valence-corrected chi connectivity index (χ3v) is 3.67. The van der Waals surface area contributed by atoms with Crippen LogP contribution in [0.25, 0.3) is 0 Å². The molecule has 78 valence electrons. The van der Waals surface area contributed by atoms with E-state index in [0.717, 1.165) is 0 Å². The van der Waals surface area contributed by atoms with Crippen LogP contribution in [0.4, 0.5) is 0 Å². The molecule has 4 nitrogen and oxygen atoms in total. The lowest BCUT2D eigenvalue weighted by atomic mass is 10.4. The Balaban J connectivity index is 2.40. The van der Waals surface area contributed by atoms with Crippen molar-refractivity contribution < 1.29 is 9.00 Å². The van der Waals surface area contributed by atoms with Crippen molar-refractivity contribution >= 4 is 28.0 Å². The van der Waals surface area contributed by atoms with Gasteiger partial charge in [0.15, 0.2) is 0 Å². The van der Waals surface area contributed by atoms with Gasteiger partial charge in [0.1, 0.15) is 5.69 Å². The van der Waals surface area contributed by atoms with Gasteiger partial charge in [-0.3, -0.25) is 9.00 Å². The van der Waals surface area contributed by atoms with E-state index in [2.05, 4.69) is 10.3 Å². The number of thiazole rings is 1. The van der Waals surface area contributed by atoms with E-state index in [9.17, 15) is 9.00 Å². The maximum atomic E-state index is 11.4. The average Bonchev–Trinajstić information content (AvgIpc) is 2.66. The molecule has 0 spiro atoms. The SMILES string of the molecule is CC(CNC(=O)c1cscn1)S(C)=O. The lowest BCUT2D eigenvalue weighted by Crippen LogP contribution is -2.32. The van der Waals surface area contributed by atoms with Crippen molar-refractivity contribution in [2.24, 2.45) is 0 Å². The predicted molar refractivity (Wildman–Crippen MR) is 58.0 cm³/mol. The second-order valence-corrected chi connectivity index (χ2v) is 5.41. The Kier molecular flexibility index (Phi) is 4.21. The molecule has 1 aromatic heterocycles. The lowest BCUT2D eigenvalue weighted by molar-refractivity contribution is 0.0950. The van der Waals surface area contributed by atoms with Gasteiger partial charge in [0.2, 0.25) is 0 Å². The molecule has 0 radical (unpaired) electrons. The summed E-state index contributed by atoms with van der Waals surface area (Å²) in [5.74, 6) is -0.205. The van der Waals surface area contributed by atoms with Gasteiger partial charge in [-0.2, -0.15) is 0 Å². The molecule has 0 bridgehead atoms. The molecular weight excluding hydrogens is 220 g/mol. The minimum Gasteiger partial charge on any atom is -0.349 e. The summed E-state index contributed by atoms with van der Waals surface area (Å²) in [5.41, 5.74) is 2.03. The number of nitrogens with one attached hydrogen (secondary N) is 1. The van der Waals surface area contributed by atoms with Crippen LogP contribution in [-0.4, -0.2) is 33.2 Å². The highest BCUT2D eigenvalue weighted by Gasteiger charge is 2.10. The molecule has 1 rings (SSSR count). The number of carbonyl (C=O) groups is 1. The van der Waals surface area contributed by atoms with Crippen LogP contribution in [0, 0.1) is 0 Å². The number of rotatable bonds is 4. The topological polar surface area (TPSA) is 59.1 Å². The molecule has 2 unspecified atom stereocenters. The molecule has 0 saturated heterocycles. The van der Waals surface area contributed by atoms with E-state index in [1.807, 2.05) is 6.92 Å². The Morgan fingerprint density at radius 1 is 1.79 bits per heavy atom. The molecule has 0 aliphatic heterocycles. The quantitative estimate of drug-likeness (QED) is 0.828. The molecule has 14 heavy (non-hydrogen) atoms. The van der Waals surface area contributed by atoms with Crippen LogP contribution in [0.1, 0.15) is 17.4 Å². The van der Waals surface area contributed by atoms with Crippen LogP contribution in [0.5, 0.6) is 0 Å². The molecule has 1 aromatic rings. The van der Waals surface area contributed by atoms with E-state index < -0.39 is 10.8 Å². The number of carbonyl (C=O) groups excluding carboxylic acids is 1. The van der Waals surface area contributed by atoms with Crippen molar-refractivity contribution in [1.29, 1.82) is 0 Å². The zero-order valence-corrected chi connectivity index (χ0v) is 9.65. The van der Waals surface area contributed by atoms with Crippen molar-refractivity contribution in [1.82, 2.24) is 10.3 Å². The third kappa shape index (κ3) is 3.19. The smallest absolute Gasteiger partial charge is 0.270 e. The Labute approximate surface area is 89.2 Å². The maximum absolute atomic E-state index is 11.4. The minimum atomic E-state index is -0.906. The first-order chi connectivity index (χ1) is 6.61. The predicted octanol–water partition coefficient (Wildman–Crippen LogP) is 0.640. The molecule has 1 heterocycles. The van der Waals surface area contributed by atoms with Crippen molar-refractivity contribution in [3.05, 3.63) is 16.6 Å². The Hall–Kier alpha value is -0.750. The fraction of sp³-hybridized carbons (Fsp3) is 0.500. The normalized spacial score (nSPS) is 14.7. The number of hydrogen-bond acceptors (Lipinski definition) is 4. The van der Waals surface area contributed by atoms with Crippen LogP contribution in [0.3, 0.4) is 0 Å². The van der Waals surface area contributed by atoms with E-state index >= 15 is 0 Å². The summed E-state index contributed by atoms with van der Waals surface area (Å²) < 4.78 is 11.0. The molecule has 1 amide bonds. The van der Waals surface area contributed by atoms with E-state index in [4.69, 9.17) is 0 Å². The number of amides is 1. The lowest BCUT2D eigenvalue weighted by Gasteiger charge is -2.08. The van der Waals surface area contributed by atoms with Gasteiger partial charge in [-0.1, -0.05) is 0 Å². The van der Waals surface area contributed by atoms with Crippen LogP contribution < -0.4 is 5.32 Å². The van der Waals surface area contributed by atoms with Crippen molar-refractivity contribution in [2.45, 2.75) is 12.2 Å². The zero-order chi connectivity index (χ0) is 10.6. The van der Waals surface area contributed by atoms with Crippen LogP contribution in [0.15, 0.2) is 10.9 Å². The molecular formula is C8H12N2O2S2. The number of hydrogen-bond donors (Lipinski definition) is 1. The molecule has 2 atom stereocenters. The first-order valence-electron chi connectivity index (χ1n) is 4.10. The highest BCUT2D eigenvalue weighted by molar-refractivity contribution is 7.84. The third-order valence-electron chi connectivity index (χ3n) is 1.78. The van der Waals surface area contributed by atoms with Gasteiger partial charge in [0.25, 0.3) is 5.91 Å². The van der Waals surface area contributed by atoms with Crippen molar-refractivity contribution in [3.63, 3.8) is 0 Å². The second kappa shape index (κ2) is 5.21. The van der Waals surface area contributed by atoms with Crippen molar-refractivity contribution in [2.75, 3.05) is 12.8 Å². The Morgan fingerprint density at radius 2 is 2.50 bits per heavy atom. The standard InChI is InChI=1S/C8H12N2O2S2/c1-6(14(2)12)3-9-8(11)7-4-13-5-10-7/h4-6H,3H2,1-2H3,(H,9,11). The minimum absolute atomic E-state index is 0.0300. The zero-order valence-electron chi connectivity index (χ0n) is 8.02. The van der Waals surface area contributed by atoms with Gasteiger partial charge < -0.3 is 5.32 Å². The molecule has 0 fully saturated rings. The highest BCUT2D eigenvalue weighted by Crippen LogP contribution is 2.00. The van der Waals surface area contributed by atoms with Gasteiger partial charge >= 0.3 is 0 Å². The summed E-state index contributed by atoms with van der Waals surface area (Å²) in [6, 6.07) is 0. The summed E-state index contributed by atoms with van der Waals surface area (Å²) in [7, 11) is -0.906. The van der Waals surface area contributed by atoms with Gasteiger partial charge in [-0.25, -0.2) is 4.98 Å². The van der Waals surface area contributed by atoms with Crippen molar-refractivity contribution in [3.8, 4) is 0 Å². The highest BCUT2D eigenvalue weighted by atomic mass is 32.2. The van der Waals surface area contributed by atoms with E-state index in [1.54, 1.807) is 17.1 Å². The van der Waals surface area contributed by atoms with Gasteiger partial charge in [0.05, 0.1) is 5.51 Å². The number of nitrogens with zero attached hydrogens (tertiary/aromatic N) is 1. The summed E-state index contributed by atoms with van der Waals surface area (Å²) in [5, 5.41) is 4.33. The molecule has 6 heteroatoms. The Morgan fingerprint density at radius 3 is 3.00 bits per heavy atom. The van der Waals surface area contributed by atoms with Gasteiger partial charge in [-0.05, 0) is 6.92 Å². The largest absolute Gasteiger partial charge is 0.349 e. The molecule has 0 aromatic carbocycles. The van der Waals surface area contributed by atoms with Gasteiger partial charge in [-0.15, -0.1) is 11.3 Å². The summed E-state index contributed by atoms with van der Waals surface area (Å²) in [6.07, 6.45) is 1.62. The van der Waals surface area contributed by atoms with E-state index in [1.165, 1.54) is 11.3 Å². The van der Waals surface area contributed by atoms with Crippen LogP contribution in [0.2, 0.25) is 0 Å². The summed E-state index contributed by atoms with van der Waals surface area (Å²) in [6.45, 7) is 2.25. The summed E-state index contributed by atoms with van der Waals surface area (Å²) >= 11 is 1.38. The Bertz CT molecular complexity index is 324. The maximum Gasteiger partial charge on any atom is 0.270 e. The van der Waals surface area contributed by atoms with Crippen LogP contribution >= 0.6 is 11.3 Å². The molecule has 0 saturated carbocycles. The van der Waals surface area contributed by atoms with E-state index in [-0.39, 0.29) is 11.2 Å². The first-order valence-corrected chi connectivity index (χ1v) is 6.66. The fourth-order valence-electron chi connectivity index (χ4n) is 0.769.